The molecule has 0 spiro atoms. The van der Waals surface area contributed by atoms with Gasteiger partial charge < -0.3 is 15.0 Å². The number of hydrogen-bond acceptors (Lipinski definition) is 6. The molecule has 0 amide bonds. The highest BCUT2D eigenvalue weighted by Crippen LogP contribution is 2.39. The summed E-state index contributed by atoms with van der Waals surface area (Å²) in [5.41, 5.74) is 6.61. The molecule has 2 N–H and O–H groups in total. The Kier molecular flexibility index (Phi) is 3.40. The number of nitrogens with zero attached hydrogens (tertiary/aromatic N) is 3. The smallest absolute Gasteiger partial charge is 0.259 e. The van der Waals surface area contributed by atoms with Crippen LogP contribution < -0.4 is 5.73 Å². The summed E-state index contributed by atoms with van der Waals surface area (Å²) in [4.78, 5) is 8.53. The van der Waals surface area contributed by atoms with Crippen LogP contribution in [0.15, 0.2) is 23.0 Å². The van der Waals surface area contributed by atoms with E-state index in [0.29, 0.717) is 17.4 Å². The van der Waals surface area contributed by atoms with Crippen LogP contribution >= 0.6 is 0 Å². The molecule has 0 saturated heterocycles. The number of rotatable bonds is 3. The number of methoxy groups -OCH3 is 1. The number of anilines is 1. The molecule has 1 aliphatic carbocycles. The van der Waals surface area contributed by atoms with E-state index >= 15 is 0 Å². The zero-order valence-corrected chi connectivity index (χ0v) is 11.5. The minimum atomic E-state index is -0.409. The van der Waals surface area contributed by atoms with Crippen molar-refractivity contribution in [1.29, 1.82) is 0 Å². The predicted molar refractivity (Wildman–Crippen MR) is 73.7 cm³/mol. The molecule has 2 aromatic rings. The second kappa shape index (κ2) is 5.20. The Bertz CT molecular complexity index is 590. The zero-order chi connectivity index (χ0) is 14.0. The van der Waals surface area contributed by atoms with Gasteiger partial charge in [0.15, 0.2) is 0 Å². The number of aromatic nitrogens is 3. The molecule has 6 nitrogen and oxygen atoms in total. The predicted octanol–water partition coefficient (Wildman–Crippen LogP) is 2.52. The monoisotopic (exact) mass is 274 g/mol. The fourth-order valence-electron chi connectivity index (χ4n) is 2.74. The lowest BCUT2D eigenvalue weighted by atomic mass is 9.84. The summed E-state index contributed by atoms with van der Waals surface area (Å²) < 4.78 is 11.1. The van der Waals surface area contributed by atoms with E-state index in [0.717, 1.165) is 31.2 Å². The van der Waals surface area contributed by atoms with E-state index in [1.54, 1.807) is 25.6 Å². The van der Waals surface area contributed by atoms with Crippen LogP contribution in [-0.4, -0.2) is 22.2 Å². The number of ether oxygens (including phenoxy) is 1. The van der Waals surface area contributed by atoms with Gasteiger partial charge in [0.2, 0.25) is 5.82 Å². The van der Waals surface area contributed by atoms with Gasteiger partial charge in [-0.05, 0) is 18.9 Å². The van der Waals surface area contributed by atoms with Crippen LogP contribution in [0.3, 0.4) is 0 Å². The van der Waals surface area contributed by atoms with Crippen LogP contribution in [0.25, 0.3) is 11.5 Å². The highest BCUT2D eigenvalue weighted by Gasteiger charge is 2.38. The molecule has 1 saturated carbocycles. The van der Waals surface area contributed by atoms with Crippen molar-refractivity contribution in [2.45, 2.75) is 37.7 Å². The molecule has 1 fully saturated rings. The van der Waals surface area contributed by atoms with Crippen LogP contribution in [0, 0.1) is 0 Å². The average Bonchev–Trinajstić information content (AvgIpc) is 2.98. The molecule has 2 aromatic heterocycles. The highest BCUT2D eigenvalue weighted by atomic mass is 16.5. The first kappa shape index (κ1) is 13.1. The van der Waals surface area contributed by atoms with Crippen molar-refractivity contribution >= 4 is 5.69 Å². The number of nitrogen functional groups attached to an aromatic ring is 1. The minimum Gasteiger partial charge on any atom is -0.397 e. The van der Waals surface area contributed by atoms with Crippen LogP contribution in [0.4, 0.5) is 5.69 Å². The quantitative estimate of drug-likeness (QED) is 0.925. The lowest BCUT2D eigenvalue weighted by Crippen LogP contribution is -2.32. The fourth-order valence-corrected chi connectivity index (χ4v) is 2.74. The van der Waals surface area contributed by atoms with Crippen molar-refractivity contribution in [3.8, 4) is 11.5 Å². The maximum absolute atomic E-state index is 5.72. The normalized spacial score (nSPS) is 18.1. The van der Waals surface area contributed by atoms with E-state index in [1.165, 1.54) is 6.42 Å². The molecule has 0 radical (unpaired) electrons. The van der Waals surface area contributed by atoms with Crippen molar-refractivity contribution in [3.63, 3.8) is 0 Å². The van der Waals surface area contributed by atoms with Gasteiger partial charge in [-0.15, -0.1) is 0 Å². The summed E-state index contributed by atoms with van der Waals surface area (Å²) in [6.07, 6.45) is 8.58. The van der Waals surface area contributed by atoms with E-state index in [9.17, 15) is 0 Å². The van der Waals surface area contributed by atoms with Crippen LogP contribution in [0.1, 0.15) is 37.9 Å². The average molecular weight is 274 g/mol. The Morgan fingerprint density at radius 1 is 1.25 bits per heavy atom. The molecule has 6 heteroatoms. The van der Waals surface area contributed by atoms with Crippen LogP contribution in [0.5, 0.6) is 0 Å². The molecule has 20 heavy (non-hydrogen) atoms. The summed E-state index contributed by atoms with van der Waals surface area (Å²) in [6.45, 7) is 0. The van der Waals surface area contributed by atoms with Crippen molar-refractivity contribution in [3.05, 3.63) is 24.3 Å². The fraction of sp³-hybridized carbons (Fsp3) is 0.500. The van der Waals surface area contributed by atoms with Gasteiger partial charge in [-0.2, -0.15) is 4.98 Å². The number of nitrogens with two attached hydrogens (primary N) is 1. The second-order valence-electron chi connectivity index (χ2n) is 5.19. The summed E-state index contributed by atoms with van der Waals surface area (Å²) in [7, 11) is 1.71. The first-order valence-electron chi connectivity index (χ1n) is 6.84. The molecule has 0 atom stereocenters. The molecule has 2 heterocycles. The van der Waals surface area contributed by atoms with Crippen molar-refractivity contribution < 1.29 is 9.26 Å². The standard InChI is InChI=1S/C14H18N4O2/c1-19-14(5-3-2-4-6-14)13-17-12(20-18-13)10-7-11(15)9-16-8-10/h7-9H,2-6,15H2,1H3. The van der Waals surface area contributed by atoms with Gasteiger partial charge >= 0.3 is 0 Å². The van der Waals surface area contributed by atoms with E-state index in [-0.39, 0.29) is 0 Å². The van der Waals surface area contributed by atoms with Gasteiger partial charge in [-0.3, -0.25) is 4.98 Å². The third-order valence-electron chi connectivity index (χ3n) is 3.89. The lowest BCUT2D eigenvalue weighted by molar-refractivity contribution is -0.0527. The van der Waals surface area contributed by atoms with Gasteiger partial charge in [-0.1, -0.05) is 24.4 Å². The van der Waals surface area contributed by atoms with Gasteiger partial charge in [0.25, 0.3) is 5.89 Å². The number of pyridine rings is 1. The third kappa shape index (κ3) is 2.27. The third-order valence-corrected chi connectivity index (χ3v) is 3.89. The molecule has 106 valence electrons. The minimum absolute atomic E-state index is 0.409. The van der Waals surface area contributed by atoms with Crippen LogP contribution in [0.2, 0.25) is 0 Å². The first-order chi connectivity index (χ1) is 9.73. The summed E-state index contributed by atoms with van der Waals surface area (Å²) in [5.74, 6) is 1.05. The first-order valence-corrected chi connectivity index (χ1v) is 6.84. The van der Waals surface area contributed by atoms with Gasteiger partial charge in [0.1, 0.15) is 5.60 Å². The van der Waals surface area contributed by atoms with E-state index in [4.69, 9.17) is 15.0 Å². The van der Waals surface area contributed by atoms with Gasteiger partial charge in [-0.25, -0.2) is 0 Å². The molecule has 0 aliphatic heterocycles. The summed E-state index contributed by atoms with van der Waals surface area (Å²) in [6, 6.07) is 1.77. The zero-order valence-electron chi connectivity index (χ0n) is 11.5. The lowest BCUT2D eigenvalue weighted by Gasteiger charge is -2.32. The van der Waals surface area contributed by atoms with E-state index < -0.39 is 5.60 Å². The molecule has 0 unspecified atom stereocenters. The molecule has 3 rings (SSSR count). The second-order valence-corrected chi connectivity index (χ2v) is 5.19. The molecular formula is C14H18N4O2. The maximum Gasteiger partial charge on any atom is 0.259 e. The Hall–Kier alpha value is -1.95. The Morgan fingerprint density at radius 3 is 2.75 bits per heavy atom. The van der Waals surface area contributed by atoms with Crippen molar-refractivity contribution in [1.82, 2.24) is 15.1 Å². The summed E-state index contributed by atoms with van der Waals surface area (Å²) >= 11 is 0. The van der Waals surface area contributed by atoms with E-state index in [1.807, 2.05) is 0 Å². The van der Waals surface area contributed by atoms with Crippen molar-refractivity contribution in [2.75, 3.05) is 12.8 Å². The Labute approximate surface area is 117 Å². The highest BCUT2D eigenvalue weighted by molar-refractivity contribution is 5.57. The van der Waals surface area contributed by atoms with Crippen molar-refractivity contribution in [2.24, 2.45) is 0 Å². The number of hydrogen-bond donors (Lipinski definition) is 1. The molecule has 0 bridgehead atoms. The van der Waals surface area contributed by atoms with Crippen LogP contribution in [-0.2, 0) is 10.3 Å². The Balaban J connectivity index is 1.93. The Morgan fingerprint density at radius 2 is 2.05 bits per heavy atom. The largest absolute Gasteiger partial charge is 0.397 e. The van der Waals surface area contributed by atoms with Gasteiger partial charge in [0.05, 0.1) is 11.3 Å². The molecular weight excluding hydrogens is 256 g/mol. The summed E-state index contributed by atoms with van der Waals surface area (Å²) in [5, 5.41) is 4.11. The molecule has 1 aliphatic rings. The topological polar surface area (TPSA) is 87.1 Å². The van der Waals surface area contributed by atoms with Gasteiger partial charge in [0, 0.05) is 19.5 Å². The molecule has 0 aromatic carbocycles. The van der Waals surface area contributed by atoms with E-state index in [2.05, 4.69) is 15.1 Å². The SMILES string of the molecule is COC1(c2noc(-c3cncc(N)c3)n2)CCCCC1. The maximum atomic E-state index is 5.72.